The van der Waals surface area contributed by atoms with Crippen molar-refractivity contribution in [2.75, 3.05) is 32.1 Å². The van der Waals surface area contributed by atoms with Crippen LogP contribution in [0.15, 0.2) is 0 Å². The molecule has 3 atom stereocenters. The Labute approximate surface area is 114 Å². The first-order valence-corrected chi connectivity index (χ1v) is 8.48. The van der Waals surface area contributed by atoms with Crippen molar-refractivity contribution in [3.8, 4) is 0 Å². The van der Waals surface area contributed by atoms with Crippen molar-refractivity contribution in [3.05, 3.63) is 0 Å². The zero-order chi connectivity index (χ0) is 12.3. The molecule has 3 saturated heterocycles. The molecule has 0 aromatic carbocycles. The van der Waals surface area contributed by atoms with Crippen LogP contribution in [0.2, 0.25) is 0 Å². The van der Waals surface area contributed by atoms with Gasteiger partial charge in [-0.15, -0.1) is 0 Å². The monoisotopic (exact) mass is 271 g/mol. The van der Waals surface area contributed by atoms with Gasteiger partial charge in [-0.05, 0) is 31.4 Å². The van der Waals surface area contributed by atoms with E-state index in [1.165, 1.54) is 38.0 Å². The Morgan fingerprint density at radius 2 is 2.22 bits per heavy atom. The summed E-state index contributed by atoms with van der Waals surface area (Å²) in [4.78, 5) is 0. The summed E-state index contributed by atoms with van der Waals surface area (Å²) in [6.07, 6.45) is 7.63. The number of ether oxygens (including phenoxy) is 2. The van der Waals surface area contributed by atoms with Crippen LogP contribution in [0.4, 0.5) is 0 Å². The second-order valence-electron chi connectivity index (χ2n) is 5.92. The molecule has 3 rings (SSSR count). The zero-order valence-electron chi connectivity index (χ0n) is 11.2. The van der Waals surface area contributed by atoms with Crippen molar-refractivity contribution >= 4 is 11.8 Å². The third-order valence-electron chi connectivity index (χ3n) is 4.47. The van der Waals surface area contributed by atoms with Gasteiger partial charge in [0.1, 0.15) is 0 Å². The second kappa shape index (κ2) is 6.12. The van der Waals surface area contributed by atoms with E-state index in [-0.39, 0.29) is 5.60 Å². The minimum absolute atomic E-state index is 0.0512. The van der Waals surface area contributed by atoms with E-state index < -0.39 is 0 Å². The lowest BCUT2D eigenvalue weighted by Crippen LogP contribution is -2.48. The van der Waals surface area contributed by atoms with E-state index in [0.717, 1.165) is 37.9 Å². The van der Waals surface area contributed by atoms with Crippen LogP contribution in [-0.2, 0) is 9.47 Å². The highest BCUT2D eigenvalue weighted by atomic mass is 32.2. The van der Waals surface area contributed by atoms with Gasteiger partial charge in [0.15, 0.2) is 0 Å². The maximum Gasteiger partial charge on any atom is 0.0951 e. The van der Waals surface area contributed by atoms with E-state index in [4.69, 9.17) is 9.47 Å². The molecule has 3 aliphatic heterocycles. The van der Waals surface area contributed by atoms with Gasteiger partial charge in [0, 0.05) is 37.5 Å². The Hall–Kier alpha value is 0.230. The summed E-state index contributed by atoms with van der Waals surface area (Å²) >= 11 is 2.16. The Bertz CT molecular complexity index is 263. The summed E-state index contributed by atoms with van der Waals surface area (Å²) < 4.78 is 11.5. The van der Waals surface area contributed by atoms with Gasteiger partial charge in [-0.1, -0.05) is 6.42 Å². The molecule has 0 aromatic heterocycles. The summed E-state index contributed by atoms with van der Waals surface area (Å²) in [7, 11) is 0. The number of hydrogen-bond acceptors (Lipinski definition) is 4. The highest BCUT2D eigenvalue weighted by Crippen LogP contribution is 2.33. The number of rotatable bonds is 3. The van der Waals surface area contributed by atoms with Gasteiger partial charge >= 0.3 is 0 Å². The Morgan fingerprint density at radius 3 is 3.00 bits per heavy atom. The molecule has 0 saturated carbocycles. The topological polar surface area (TPSA) is 30.5 Å². The molecule has 0 bridgehead atoms. The molecule has 0 aromatic rings. The predicted molar refractivity (Wildman–Crippen MR) is 75.2 cm³/mol. The van der Waals surface area contributed by atoms with Gasteiger partial charge in [0.2, 0.25) is 0 Å². The molecule has 1 spiro atoms. The average Bonchev–Trinajstić information content (AvgIpc) is 2.86. The molecule has 4 heteroatoms. The molecule has 104 valence electrons. The SMILES string of the molecule is C1CCC(CNC2CCOC3(CCOC3)C2)SC1. The van der Waals surface area contributed by atoms with Crippen molar-refractivity contribution in [1.82, 2.24) is 5.32 Å². The Kier molecular flexibility index (Phi) is 4.50. The van der Waals surface area contributed by atoms with Crippen LogP contribution in [0.25, 0.3) is 0 Å². The van der Waals surface area contributed by atoms with Crippen molar-refractivity contribution in [2.24, 2.45) is 0 Å². The molecule has 3 nitrogen and oxygen atoms in total. The number of nitrogens with one attached hydrogen (secondary N) is 1. The Balaban J connectivity index is 1.44. The van der Waals surface area contributed by atoms with Gasteiger partial charge < -0.3 is 14.8 Å². The van der Waals surface area contributed by atoms with E-state index in [1.54, 1.807) is 0 Å². The summed E-state index contributed by atoms with van der Waals surface area (Å²) in [6, 6.07) is 0.642. The third-order valence-corrected chi connectivity index (χ3v) is 5.87. The van der Waals surface area contributed by atoms with Gasteiger partial charge in [-0.2, -0.15) is 11.8 Å². The lowest BCUT2D eigenvalue weighted by atomic mass is 9.89. The molecule has 0 aliphatic carbocycles. The first kappa shape index (κ1) is 13.2. The predicted octanol–water partition coefficient (Wildman–Crippen LogP) is 2.20. The zero-order valence-corrected chi connectivity index (χ0v) is 12.0. The van der Waals surface area contributed by atoms with Gasteiger partial charge in [0.25, 0.3) is 0 Å². The summed E-state index contributed by atoms with van der Waals surface area (Å²) in [5.74, 6) is 1.36. The Morgan fingerprint density at radius 1 is 1.22 bits per heavy atom. The normalized spacial score (nSPS) is 41.3. The molecule has 0 radical (unpaired) electrons. The van der Waals surface area contributed by atoms with Crippen molar-refractivity contribution in [2.45, 2.75) is 55.4 Å². The maximum absolute atomic E-state index is 5.98. The van der Waals surface area contributed by atoms with E-state index in [9.17, 15) is 0 Å². The molecular weight excluding hydrogens is 246 g/mol. The molecule has 3 aliphatic rings. The second-order valence-corrected chi connectivity index (χ2v) is 7.33. The van der Waals surface area contributed by atoms with Crippen molar-refractivity contribution < 1.29 is 9.47 Å². The molecule has 3 heterocycles. The standard InChI is InChI=1S/C14H25NO2S/c1-2-8-18-13(3-1)10-15-12-4-6-17-14(9-12)5-7-16-11-14/h12-13,15H,1-11H2. The quantitative estimate of drug-likeness (QED) is 0.852. The van der Waals surface area contributed by atoms with Crippen LogP contribution < -0.4 is 5.32 Å². The first-order valence-electron chi connectivity index (χ1n) is 7.43. The van der Waals surface area contributed by atoms with E-state index >= 15 is 0 Å². The molecule has 3 fully saturated rings. The van der Waals surface area contributed by atoms with Crippen LogP contribution in [0.3, 0.4) is 0 Å². The lowest BCUT2D eigenvalue weighted by Gasteiger charge is -2.38. The average molecular weight is 271 g/mol. The van der Waals surface area contributed by atoms with Crippen LogP contribution >= 0.6 is 11.8 Å². The van der Waals surface area contributed by atoms with Crippen LogP contribution in [0, 0.1) is 0 Å². The first-order chi connectivity index (χ1) is 8.86. The number of hydrogen-bond donors (Lipinski definition) is 1. The highest BCUT2D eigenvalue weighted by Gasteiger charge is 2.40. The van der Waals surface area contributed by atoms with Crippen LogP contribution in [0.1, 0.15) is 38.5 Å². The molecule has 3 unspecified atom stereocenters. The maximum atomic E-state index is 5.98. The summed E-state index contributed by atoms with van der Waals surface area (Å²) in [5.41, 5.74) is 0.0512. The summed E-state index contributed by atoms with van der Waals surface area (Å²) in [6.45, 7) is 3.78. The smallest absolute Gasteiger partial charge is 0.0951 e. The lowest BCUT2D eigenvalue weighted by molar-refractivity contribution is -0.0892. The van der Waals surface area contributed by atoms with Crippen LogP contribution in [0.5, 0.6) is 0 Å². The van der Waals surface area contributed by atoms with Crippen molar-refractivity contribution in [3.63, 3.8) is 0 Å². The van der Waals surface area contributed by atoms with E-state index in [2.05, 4.69) is 17.1 Å². The largest absolute Gasteiger partial charge is 0.378 e. The van der Waals surface area contributed by atoms with E-state index in [1.807, 2.05) is 0 Å². The summed E-state index contributed by atoms with van der Waals surface area (Å²) in [5, 5.41) is 4.63. The van der Waals surface area contributed by atoms with E-state index in [0.29, 0.717) is 6.04 Å². The fraction of sp³-hybridized carbons (Fsp3) is 1.00. The van der Waals surface area contributed by atoms with Gasteiger partial charge in [0.05, 0.1) is 12.2 Å². The van der Waals surface area contributed by atoms with Crippen LogP contribution in [-0.4, -0.2) is 49.0 Å². The highest BCUT2D eigenvalue weighted by molar-refractivity contribution is 7.99. The molecular formula is C14H25NO2S. The molecule has 0 amide bonds. The van der Waals surface area contributed by atoms with Crippen molar-refractivity contribution in [1.29, 1.82) is 0 Å². The molecule has 1 N–H and O–H groups in total. The minimum Gasteiger partial charge on any atom is -0.378 e. The fourth-order valence-corrected chi connectivity index (χ4v) is 4.58. The fourth-order valence-electron chi connectivity index (χ4n) is 3.33. The number of thioether (sulfide) groups is 1. The van der Waals surface area contributed by atoms with Gasteiger partial charge in [-0.3, -0.25) is 0 Å². The van der Waals surface area contributed by atoms with Gasteiger partial charge in [-0.25, -0.2) is 0 Å². The third kappa shape index (κ3) is 3.21. The minimum atomic E-state index is 0.0512. The molecule has 18 heavy (non-hydrogen) atoms.